The van der Waals surface area contributed by atoms with E-state index in [-0.39, 0.29) is 30.1 Å². The van der Waals surface area contributed by atoms with Crippen LogP contribution in [0.1, 0.15) is 52.5 Å². The topological polar surface area (TPSA) is 116 Å². The number of imidazole rings is 1. The fraction of sp³-hybridized carbons (Fsp3) is 0.280. The summed E-state index contributed by atoms with van der Waals surface area (Å²) in [6, 6.07) is 7.40. The van der Waals surface area contributed by atoms with Crippen molar-refractivity contribution >= 4 is 11.4 Å². The van der Waals surface area contributed by atoms with E-state index in [1.165, 1.54) is 37.8 Å². The van der Waals surface area contributed by atoms with Crippen molar-refractivity contribution in [3.8, 4) is 17.0 Å². The molecule has 1 N–H and O–H groups in total. The monoisotopic (exact) mass is 486 g/mol. The van der Waals surface area contributed by atoms with Gasteiger partial charge in [-0.3, -0.25) is 4.79 Å². The fourth-order valence-corrected chi connectivity index (χ4v) is 4.41. The Morgan fingerprint density at radius 1 is 1.19 bits per heavy atom. The average Bonchev–Trinajstić information content (AvgIpc) is 3.24. The highest BCUT2D eigenvalue weighted by Crippen LogP contribution is 2.39. The third-order valence-electron chi connectivity index (χ3n) is 6.44. The lowest BCUT2D eigenvalue weighted by Gasteiger charge is -2.11. The van der Waals surface area contributed by atoms with Crippen LogP contribution in [0.3, 0.4) is 0 Å². The van der Waals surface area contributed by atoms with Gasteiger partial charge in [-0.05, 0) is 48.9 Å². The number of ether oxygens (including phenoxy) is 1. The van der Waals surface area contributed by atoms with Crippen molar-refractivity contribution in [2.75, 3.05) is 7.11 Å². The van der Waals surface area contributed by atoms with Gasteiger partial charge in [0.25, 0.3) is 0 Å². The van der Waals surface area contributed by atoms with E-state index in [1.54, 1.807) is 16.9 Å². The molecule has 10 nitrogen and oxygen atoms in total. The van der Waals surface area contributed by atoms with Crippen LogP contribution < -0.4 is 4.74 Å². The number of hydrogen-bond donors (Lipinski definition) is 1. The largest absolute Gasteiger partial charge is 0.494 e. The summed E-state index contributed by atoms with van der Waals surface area (Å²) in [4.78, 5) is 17.5. The SMILES string of the molecule is COc1ccc(-c2cn[nH]n2)c(CCC(=O)c2cn(Cc3cn4cc(C5CC5)ccc4n3)nn2)c1F. The minimum absolute atomic E-state index is 0.0476. The predicted octanol–water partition coefficient (Wildman–Crippen LogP) is 3.60. The Labute approximate surface area is 205 Å². The number of pyridine rings is 1. The van der Waals surface area contributed by atoms with Gasteiger partial charge in [-0.2, -0.15) is 15.4 Å². The summed E-state index contributed by atoms with van der Waals surface area (Å²) in [5.74, 6) is 0.0127. The molecule has 1 saturated carbocycles. The second kappa shape index (κ2) is 8.99. The van der Waals surface area contributed by atoms with E-state index in [2.05, 4.69) is 43.0 Å². The standard InChI is InChI=1S/C25H23FN8O2/c1-36-23-8-6-18(20-10-27-31-29-20)19(25(23)26)5-7-22(35)21-14-34(32-30-21)13-17-12-33-11-16(15-2-3-15)4-9-24(33)28-17/h4,6,8-12,14-15H,2-3,5,7,13H2,1H3,(H,27,29,31). The number of aromatic nitrogens is 8. The molecule has 0 saturated heterocycles. The van der Waals surface area contributed by atoms with Gasteiger partial charge in [0.05, 0.1) is 31.7 Å². The Kier molecular flexibility index (Phi) is 5.51. The zero-order valence-electron chi connectivity index (χ0n) is 19.6. The maximum Gasteiger partial charge on any atom is 0.185 e. The van der Waals surface area contributed by atoms with Crippen LogP contribution in [0.25, 0.3) is 16.9 Å². The molecule has 0 amide bonds. The van der Waals surface area contributed by atoms with Gasteiger partial charge in [0.2, 0.25) is 0 Å². The van der Waals surface area contributed by atoms with Crippen molar-refractivity contribution < 1.29 is 13.9 Å². The number of nitrogens with one attached hydrogen (secondary N) is 1. The highest BCUT2D eigenvalue weighted by Gasteiger charge is 2.24. The number of H-pyrrole nitrogens is 1. The van der Waals surface area contributed by atoms with Crippen molar-refractivity contribution in [2.24, 2.45) is 0 Å². The van der Waals surface area contributed by atoms with Gasteiger partial charge < -0.3 is 9.14 Å². The Bertz CT molecular complexity index is 1550. The maximum atomic E-state index is 15.0. The molecule has 0 aliphatic heterocycles. The van der Waals surface area contributed by atoms with Gasteiger partial charge in [0.15, 0.2) is 17.3 Å². The zero-order chi connectivity index (χ0) is 24.6. The molecular weight excluding hydrogens is 463 g/mol. The molecule has 6 rings (SSSR count). The van der Waals surface area contributed by atoms with E-state index in [0.717, 1.165) is 11.3 Å². The maximum absolute atomic E-state index is 15.0. The van der Waals surface area contributed by atoms with Crippen molar-refractivity contribution in [1.82, 2.24) is 39.8 Å². The van der Waals surface area contributed by atoms with Crippen LogP contribution in [-0.2, 0) is 13.0 Å². The van der Waals surface area contributed by atoms with Crippen LogP contribution in [0.4, 0.5) is 4.39 Å². The minimum Gasteiger partial charge on any atom is -0.494 e. The van der Waals surface area contributed by atoms with Gasteiger partial charge in [0, 0.05) is 29.9 Å². The minimum atomic E-state index is -0.522. The molecule has 0 bridgehead atoms. The van der Waals surface area contributed by atoms with Gasteiger partial charge in [-0.25, -0.2) is 14.1 Å². The molecule has 4 heterocycles. The summed E-state index contributed by atoms with van der Waals surface area (Å²) in [6.45, 7) is 0.390. The van der Waals surface area contributed by atoms with Crippen molar-refractivity contribution in [1.29, 1.82) is 0 Å². The van der Waals surface area contributed by atoms with Crippen LogP contribution in [0, 0.1) is 5.82 Å². The van der Waals surface area contributed by atoms with Crippen LogP contribution in [0.2, 0.25) is 0 Å². The number of ketones is 1. The lowest BCUT2D eigenvalue weighted by Crippen LogP contribution is -2.05. The predicted molar refractivity (Wildman–Crippen MR) is 127 cm³/mol. The molecule has 0 unspecified atom stereocenters. The lowest BCUT2D eigenvalue weighted by atomic mass is 9.98. The number of nitrogens with zero attached hydrogens (tertiary/aromatic N) is 7. The summed E-state index contributed by atoms with van der Waals surface area (Å²) < 4.78 is 23.8. The number of fused-ring (bicyclic) bond motifs is 1. The molecule has 0 spiro atoms. The van der Waals surface area contributed by atoms with E-state index in [1.807, 2.05) is 16.7 Å². The summed E-state index contributed by atoms with van der Waals surface area (Å²) >= 11 is 0. The third kappa shape index (κ3) is 4.23. The molecular formula is C25H23FN8O2. The molecule has 0 atom stereocenters. The van der Waals surface area contributed by atoms with Crippen LogP contribution in [0.15, 0.2) is 49.1 Å². The lowest BCUT2D eigenvalue weighted by molar-refractivity contribution is 0.0977. The van der Waals surface area contributed by atoms with Crippen molar-refractivity contribution in [3.63, 3.8) is 0 Å². The highest BCUT2D eigenvalue weighted by molar-refractivity contribution is 5.94. The van der Waals surface area contributed by atoms with E-state index >= 15 is 4.39 Å². The van der Waals surface area contributed by atoms with Gasteiger partial charge >= 0.3 is 0 Å². The van der Waals surface area contributed by atoms with Crippen LogP contribution in [0.5, 0.6) is 5.75 Å². The molecule has 1 aromatic carbocycles. The third-order valence-corrected chi connectivity index (χ3v) is 6.44. The van der Waals surface area contributed by atoms with Crippen LogP contribution in [-0.4, -0.2) is 52.7 Å². The first kappa shape index (κ1) is 22.1. The number of methoxy groups -OCH3 is 1. The van der Waals surface area contributed by atoms with Crippen molar-refractivity contribution in [2.45, 2.75) is 38.1 Å². The number of rotatable bonds is 9. The normalized spacial score (nSPS) is 13.4. The van der Waals surface area contributed by atoms with E-state index in [0.29, 0.717) is 29.3 Å². The molecule has 182 valence electrons. The van der Waals surface area contributed by atoms with E-state index in [4.69, 9.17) is 4.74 Å². The van der Waals surface area contributed by atoms with Gasteiger partial charge in [-0.15, -0.1) is 5.10 Å². The molecule has 36 heavy (non-hydrogen) atoms. The zero-order valence-corrected chi connectivity index (χ0v) is 19.6. The number of hydrogen-bond acceptors (Lipinski definition) is 7. The number of carbonyl (C=O) groups excluding carboxylic acids is 1. The number of Topliss-reactive ketones (excluding diaryl/α,β-unsaturated/α-hetero) is 1. The number of benzene rings is 1. The first-order chi connectivity index (χ1) is 17.6. The number of aromatic amines is 1. The molecule has 1 aliphatic carbocycles. The first-order valence-corrected chi connectivity index (χ1v) is 11.7. The second-order valence-electron chi connectivity index (χ2n) is 8.92. The Balaban J connectivity index is 1.16. The summed E-state index contributed by atoms with van der Waals surface area (Å²) in [6.07, 6.45) is 9.89. The number of halogens is 1. The van der Waals surface area contributed by atoms with Gasteiger partial charge in [0.1, 0.15) is 17.0 Å². The smallest absolute Gasteiger partial charge is 0.185 e. The molecule has 0 radical (unpaired) electrons. The Morgan fingerprint density at radius 3 is 2.86 bits per heavy atom. The molecule has 1 fully saturated rings. The summed E-state index contributed by atoms with van der Waals surface area (Å²) in [5, 5.41) is 18.5. The summed E-state index contributed by atoms with van der Waals surface area (Å²) in [5.41, 5.74) is 4.62. The summed E-state index contributed by atoms with van der Waals surface area (Å²) in [7, 11) is 1.40. The van der Waals surface area contributed by atoms with Crippen molar-refractivity contribution in [3.05, 3.63) is 77.4 Å². The van der Waals surface area contributed by atoms with E-state index in [9.17, 15) is 4.79 Å². The molecule has 11 heteroatoms. The molecule has 4 aromatic heterocycles. The number of carbonyl (C=O) groups is 1. The average molecular weight is 487 g/mol. The second-order valence-corrected chi connectivity index (χ2v) is 8.92. The molecule has 5 aromatic rings. The van der Waals surface area contributed by atoms with E-state index < -0.39 is 5.82 Å². The first-order valence-electron chi connectivity index (χ1n) is 11.7. The van der Waals surface area contributed by atoms with Crippen LogP contribution >= 0.6 is 0 Å². The quantitative estimate of drug-likeness (QED) is 0.317. The highest BCUT2D eigenvalue weighted by atomic mass is 19.1. The van der Waals surface area contributed by atoms with Gasteiger partial charge in [-0.1, -0.05) is 11.3 Å². The Hall–Kier alpha value is -4.41. The Morgan fingerprint density at radius 2 is 2.08 bits per heavy atom. The fourth-order valence-electron chi connectivity index (χ4n) is 4.41. The molecule has 1 aliphatic rings.